The van der Waals surface area contributed by atoms with Crippen LogP contribution < -0.4 is 11.1 Å². The van der Waals surface area contributed by atoms with Gasteiger partial charge in [-0.25, -0.2) is 13.2 Å². The fourth-order valence-corrected chi connectivity index (χ4v) is 2.53. The number of nitrogens with one attached hydrogen (secondary N) is 1. The molecule has 114 valence electrons. The summed E-state index contributed by atoms with van der Waals surface area (Å²) in [5.41, 5.74) is 3.82. The molecule has 8 heteroatoms. The highest BCUT2D eigenvalue weighted by molar-refractivity contribution is 6.12. The molecule has 0 unspecified atom stereocenters. The molecule has 1 saturated carbocycles. The van der Waals surface area contributed by atoms with Gasteiger partial charge in [0.25, 0.3) is 0 Å². The number of nitrogens with two attached hydrogens (primary N) is 1. The second-order valence-electron chi connectivity index (χ2n) is 4.97. The third kappa shape index (κ3) is 2.65. The molecule has 0 atom stereocenters. The maximum atomic E-state index is 13.6. The number of amides is 1. The van der Waals surface area contributed by atoms with Crippen molar-refractivity contribution in [3.63, 3.8) is 0 Å². The Kier molecular flexibility index (Phi) is 4.06. The number of amidine groups is 1. The van der Waals surface area contributed by atoms with Crippen molar-refractivity contribution >= 4 is 17.4 Å². The molecule has 1 aliphatic carbocycles. The number of anilines is 1. The van der Waals surface area contributed by atoms with Crippen LogP contribution in [0, 0.1) is 22.9 Å². The molecule has 1 aromatic rings. The summed E-state index contributed by atoms with van der Waals surface area (Å²) >= 11 is 0. The first-order chi connectivity index (χ1) is 9.90. The van der Waals surface area contributed by atoms with Gasteiger partial charge in [0.1, 0.15) is 11.2 Å². The molecule has 1 aliphatic rings. The minimum absolute atomic E-state index is 0.277. The van der Waals surface area contributed by atoms with Crippen LogP contribution >= 0.6 is 0 Å². The van der Waals surface area contributed by atoms with Crippen molar-refractivity contribution < 1.29 is 23.2 Å². The third-order valence-corrected chi connectivity index (χ3v) is 3.75. The molecule has 0 radical (unpaired) electrons. The lowest BCUT2D eigenvalue weighted by molar-refractivity contribution is -0.122. The van der Waals surface area contributed by atoms with Gasteiger partial charge in [-0.1, -0.05) is 18.0 Å². The van der Waals surface area contributed by atoms with E-state index >= 15 is 0 Å². The van der Waals surface area contributed by atoms with Crippen LogP contribution in [0.2, 0.25) is 0 Å². The Balaban J connectivity index is 2.30. The second kappa shape index (κ2) is 5.63. The average molecular weight is 301 g/mol. The zero-order valence-electron chi connectivity index (χ0n) is 11.0. The van der Waals surface area contributed by atoms with Crippen molar-refractivity contribution in [2.75, 3.05) is 5.32 Å². The van der Waals surface area contributed by atoms with E-state index < -0.39 is 34.5 Å². The predicted molar refractivity (Wildman–Crippen MR) is 69.3 cm³/mol. The van der Waals surface area contributed by atoms with Crippen molar-refractivity contribution in [2.24, 2.45) is 16.3 Å². The normalized spacial score (nSPS) is 17.8. The van der Waals surface area contributed by atoms with E-state index in [4.69, 9.17) is 10.9 Å². The fourth-order valence-electron chi connectivity index (χ4n) is 2.53. The molecule has 2 rings (SSSR count). The van der Waals surface area contributed by atoms with Crippen molar-refractivity contribution in [3.05, 3.63) is 29.6 Å². The highest BCUT2D eigenvalue weighted by Crippen LogP contribution is 2.39. The summed E-state index contributed by atoms with van der Waals surface area (Å²) < 4.78 is 39.5. The standard InChI is InChI=1S/C13H14F3N3O2/c14-7-5-9(16)10(6-8(7)15)18-12(20)13(11(17)19-21)3-1-2-4-13/h5-6,21H,1-4H2,(H2,17,19)(H,18,20). The van der Waals surface area contributed by atoms with Crippen molar-refractivity contribution in [3.8, 4) is 0 Å². The van der Waals surface area contributed by atoms with Crippen LogP contribution in [0.1, 0.15) is 25.7 Å². The number of halogens is 3. The maximum Gasteiger partial charge on any atom is 0.238 e. The van der Waals surface area contributed by atoms with E-state index in [-0.39, 0.29) is 5.84 Å². The Labute approximate surface area is 118 Å². The van der Waals surface area contributed by atoms with Crippen molar-refractivity contribution in [1.82, 2.24) is 0 Å². The van der Waals surface area contributed by atoms with Gasteiger partial charge in [-0.15, -0.1) is 0 Å². The van der Waals surface area contributed by atoms with Crippen LogP contribution in [0.15, 0.2) is 17.3 Å². The van der Waals surface area contributed by atoms with E-state index in [1.807, 2.05) is 0 Å². The summed E-state index contributed by atoms with van der Waals surface area (Å²) in [4.78, 5) is 12.3. The lowest BCUT2D eigenvalue weighted by atomic mass is 9.83. The van der Waals surface area contributed by atoms with E-state index in [9.17, 15) is 18.0 Å². The molecule has 0 spiro atoms. The third-order valence-electron chi connectivity index (χ3n) is 3.75. The zero-order valence-corrected chi connectivity index (χ0v) is 11.0. The highest BCUT2D eigenvalue weighted by Gasteiger charge is 2.45. The number of rotatable bonds is 3. The lowest BCUT2D eigenvalue weighted by Gasteiger charge is -2.26. The van der Waals surface area contributed by atoms with E-state index in [0.717, 1.165) is 0 Å². The molecule has 4 N–H and O–H groups in total. The molecule has 21 heavy (non-hydrogen) atoms. The number of carbonyl (C=O) groups excluding carboxylic acids is 1. The topological polar surface area (TPSA) is 87.7 Å². The molecule has 1 amide bonds. The summed E-state index contributed by atoms with van der Waals surface area (Å²) in [7, 11) is 0. The minimum atomic E-state index is -1.35. The van der Waals surface area contributed by atoms with Crippen LogP contribution in [0.5, 0.6) is 0 Å². The SMILES string of the molecule is NC(=NO)C1(C(=O)Nc2cc(F)c(F)cc2F)CCCC1. The molecular formula is C13H14F3N3O2. The first-order valence-electron chi connectivity index (χ1n) is 6.35. The van der Waals surface area contributed by atoms with Gasteiger partial charge in [-0.3, -0.25) is 4.79 Å². The van der Waals surface area contributed by atoms with Crippen LogP contribution in [-0.2, 0) is 4.79 Å². The Morgan fingerprint density at radius 2 is 1.76 bits per heavy atom. The van der Waals surface area contributed by atoms with Gasteiger partial charge in [-0.2, -0.15) is 0 Å². The Hall–Kier alpha value is -2.25. The van der Waals surface area contributed by atoms with E-state index in [1.165, 1.54) is 0 Å². The first-order valence-corrected chi connectivity index (χ1v) is 6.35. The predicted octanol–water partition coefficient (Wildman–Crippen LogP) is 2.35. The van der Waals surface area contributed by atoms with Crippen LogP contribution in [-0.4, -0.2) is 17.0 Å². The molecule has 0 aromatic heterocycles. The van der Waals surface area contributed by atoms with Gasteiger partial charge in [0, 0.05) is 12.1 Å². The van der Waals surface area contributed by atoms with E-state index in [0.29, 0.717) is 37.8 Å². The van der Waals surface area contributed by atoms with Gasteiger partial charge < -0.3 is 16.3 Å². The van der Waals surface area contributed by atoms with Gasteiger partial charge in [-0.05, 0) is 12.8 Å². The van der Waals surface area contributed by atoms with Gasteiger partial charge in [0.15, 0.2) is 17.5 Å². The van der Waals surface area contributed by atoms with Gasteiger partial charge in [0.05, 0.1) is 5.69 Å². The molecule has 0 saturated heterocycles. The number of carbonyl (C=O) groups is 1. The second-order valence-corrected chi connectivity index (χ2v) is 4.97. The molecule has 1 fully saturated rings. The zero-order chi connectivity index (χ0) is 15.6. The highest BCUT2D eigenvalue weighted by atomic mass is 19.2. The Morgan fingerprint density at radius 1 is 1.19 bits per heavy atom. The largest absolute Gasteiger partial charge is 0.409 e. The Bertz CT molecular complexity index is 599. The summed E-state index contributed by atoms with van der Waals surface area (Å²) in [6.45, 7) is 0. The minimum Gasteiger partial charge on any atom is -0.409 e. The summed E-state index contributed by atoms with van der Waals surface area (Å²) in [6, 6.07) is 0.896. The molecule has 1 aromatic carbocycles. The van der Waals surface area contributed by atoms with Crippen LogP contribution in [0.4, 0.5) is 18.9 Å². The maximum absolute atomic E-state index is 13.6. The monoisotopic (exact) mass is 301 g/mol. The molecule has 0 aliphatic heterocycles. The van der Waals surface area contributed by atoms with E-state index in [1.54, 1.807) is 0 Å². The van der Waals surface area contributed by atoms with Crippen molar-refractivity contribution in [2.45, 2.75) is 25.7 Å². The fraction of sp³-hybridized carbons (Fsp3) is 0.385. The lowest BCUT2D eigenvalue weighted by Crippen LogP contribution is -2.45. The quantitative estimate of drug-likeness (QED) is 0.263. The van der Waals surface area contributed by atoms with Gasteiger partial charge in [0.2, 0.25) is 5.91 Å². The van der Waals surface area contributed by atoms with Crippen LogP contribution in [0.3, 0.4) is 0 Å². The Morgan fingerprint density at radius 3 is 2.33 bits per heavy atom. The number of nitrogens with zero attached hydrogens (tertiary/aromatic N) is 1. The number of benzene rings is 1. The summed E-state index contributed by atoms with van der Waals surface area (Å²) in [5.74, 6) is -4.72. The first kappa shape index (κ1) is 15.1. The number of hydrogen-bond donors (Lipinski definition) is 3. The van der Waals surface area contributed by atoms with Crippen LogP contribution in [0.25, 0.3) is 0 Å². The van der Waals surface area contributed by atoms with Crippen molar-refractivity contribution in [1.29, 1.82) is 0 Å². The smallest absolute Gasteiger partial charge is 0.238 e. The molecule has 5 nitrogen and oxygen atoms in total. The number of oxime groups is 1. The summed E-state index contributed by atoms with van der Waals surface area (Å²) in [6.07, 6.45) is 2.04. The molecule has 0 bridgehead atoms. The average Bonchev–Trinajstić information content (AvgIpc) is 2.94. The molecule has 0 heterocycles. The summed E-state index contributed by atoms with van der Waals surface area (Å²) in [5, 5.41) is 13.9. The van der Waals surface area contributed by atoms with Gasteiger partial charge >= 0.3 is 0 Å². The molecular weight excluding hydrogens is 287 g/mol. The van der Waals surface area contributed by atoms with E-state index in [2.05, 4.69) is 10.5 Å². The number of hydrogen-bond acceptors (Lipinski definition) is 3.